The van der Waals surface area contributed by atoms with Crippen LogP contribution in [0.1, 0.15) is 18.4 Å². The Balaban J connectivity index is 1.40. The molecule has 0 fully saturated rings. The summed E-state index contributed by atoms with van der Waals surface area (Å²) in [6.07, 6.45) is 3.49. The Morgan fingerprint density at radius 2 is 1.96 bits per heavy atom. The third-order valence-corrected chi connectivity index (χ3v) is 4.69. The lowest BCUT2D eigenvalue weighted by Crippen LogP contribution is -2.34. The van der Waals surface area contributed by atoms with Gasteiger partial charge in [-0.2, -0.15) is 0 Å². The number of rotatable bonds is 6. The zero-order valence-electron chi connectivity index (χ0n) is 14.6. The van der Waals surface area contributed by atoms with Gasteiger partial charge in [-0.15, -0.1) is 0 Å². The van der Waals surface area contributed by atoms with Crippen molar-refractivity contribution >= 4 is 28.7 Å². The van der Waals surface area contributed by atoms with Gasteiger partial charge >= 0.3 is 0 Å². The number of hydrogen-bond donors (Lipinski definition) is 2. The molecule has 2 aromatic rings. The van der Waals surface area contributed by atoms with Crippen molar-refractivity contribution in [2.75, 3.05) is 37.0 Å². The molecule has 1 aliphatic heterocycles. The van der Waals surface area contributed by atoms with Gasteiger partial charge in [0.25, 0.3) is 0 Å². The van der Waals surface area contributed by atoms with Crippen molar-refractivity contribution < 1.29 is 4.74 Å². The lowest BCUT2D eigenvalue weighted by atomic mass is 10.0. The fraction of sp³-hybridized carbons (Fsp3) is 0.350. The van der Waals surface area contributed by atoms with Gasteiger partial charge in [-0.1, -0.05) is 18.2 Å². The van der Waals surface area contributed by atoms with E-state index in [1.807, 2.05) is 24.3 Å². The fourth-order valence-electron chi connectivity index (χ4n) is 3.17. The molecule has 0 bridgehead atoms. The van der Waals surface area contributed by atoms with Crippen LogP contribution >= 0.6 is 12.2 Å². The molecule has 1 aliphatic rings. The number of para-hydroxylation sites is 1. The largest absolute Gasteiger partial charge is 0.497 e. The summed E-state index contributed by atoms with van der Waals surface area (Å²) in [6.45, 7) is 3.06. The minimum atomic E-state index is 0.657. The van der Waals surface area contributed by atoms with Crippen molar-refractivity contribution in [2.45, 2.75) is 19.3 Å². The first kappa shape index (κ1) is 17.5. The quantitative estimate of drug-likeness (QED) is 0.608. The highest BCUT2D eigenvalue weighted by Gasteiger charge is 2.15. The smallest absolute Gasteiger partial charge is 0.170 e. The van der Waals surface area contributed by atoms with E-state index in [4.69, 9.17) is 17.0 Å². The van der Waals surface area contributed by atoms with Crippen LogP contribution in [0.25, 0.3) is 0 Å². The first-order chi connectivity index (χ1) is 12.3. The maximum atomic E-state index is 5.36. The van der Waals surface area contributed by atoms with Crippen LogP contribution in [-0.2, 0) is 6.42 Å². The molecule has 132 valence electrons. The monoisotopic (exact) mass is 355 g/mol. The summed E-state index contributed by atoms with van der Waals surface area (Å²) in [5.41, 5.74) is 3.83. The standard InChI is InChI=1S/C20H25N3OS/c1-24-18-11-9-17(10-12-18)22-20(25)21-13-5-15-23-14-4-7-16-6-2-3-8-19(16)23/h2-3,6,8-12H,4-5,7,13-15H2,1H3,(H2,21,22,25). The lowest BCUT2D eigenvalue weighted by molar-refractivity contribution is 0.415. The summed E-state index contributed by atoms with van der Waals surface area (Å²) in [4.78, 5) is 2.49. The predicted molar refractivity (Wildman–Crippen MR) is 109 cm³/mol. The Hall–Kier alpha value is -2.27. The van der Waals surface area contributed by atoms with Gasteiger partial charge in [-0.05, 0) is 67.4 Å². The van der Waals surface area contributed by atoms with Gasteiger partial charge in [0.05, 0.1) is 7.11 Å². The van der Waals surface area contributed by atoms with Gasteiger partial charge in [0, 0.05) is 31.0 Å². The van der Waals surface area contributed by atoms with E-state index < -0.39 is 0 Å². The summed E-state index contributed by atoms with van der Waals surface area (Å²) in [7, 11) is 1.66. The summed E-state index contributed by atoms with van der Waals surface area (Å²) in [6, 6.07) is 16.5. The molecule has 0 aliphatic carbocycles. The summed E-state index contributed by atoms with van der Waals surface area (Å²) in [5, 5.41) is 7.14. The maximum Gasteiger partial charge on any atom is 0.170 e. The summed E-state index contributed by atoms with van der Waals surface area (Å²) >= 11 is 5.36. The molecule has 25 heavy (non-hydrogen) atoms. The molecular formula is C20H25N3OS. The molecular weight excluding hydrogens is 330 g/mol. The number of thiocarbonyl (C=S) groups is 1. The van der Waals surface area contributed by atoms with E-state index in [0.717, 1.165) is 37.5 Å². The van der Waals surface area contributed by atoms with Crippen LogP contribution in [0.5, 0.6) is 5.75 Å². The molecule has 0 amide bonds. The van der Waals surface area contributed by atoms with Gasteiger partial charge < -0.3 is 20.3 Å². The normalized spacial score (nSPS) is 13.1. The van der Waals surface area contributed by atoms with Crippen molar-refractivity contribution in [3.05, 3.63) is 54.1 Å². The van der Waals surface area contributed by atoms with E-state index >= 15 is 0 Å². The Kier molecular flexibility index (Phi) is 6.12. The van der Waals surface area contributed by atoms with E-state index in [0.29, 0.717) is 5.11 Å². The fourth-order valence-corrected chi connectivity index (χ4v) is 3.39. The van der Waals surface area contributed by atoms with Crippen molar-refractivity contribution in [1.29, 1.82) is 0 Å². The summed E-state index contributed by atoms with van der Waals surface area (Å²) in [5.74, 6) is 0.839. The van der Waals surface area contributed by atoms with Gasteiger partial charge in [-0.3, -0.25) is 0 Å². The molecule has 0 unspecified atom stereocenters. The Labute approximate surface area is 155 Å². The average Bonchev–Trinajstić information content (AvgIpc) is 2.66. The number of ether oxygens (including phenoxy) is 1. The number of hydrogen-bond acceptors (Lipinski definition) is 3. The van der Waals surface area contributed by atoms with E-state index in [2.05, 4.69) is 39.8 Å². The number of nitrogens with zero attached hydrogens (tertiary/aromatic N) is 1. The van der Waals surface area contributed by atoms with Crippen molar-refractivity contribution in [3.8, 4) is 5.75 Å². The third-order valence-electron chi connectivity index (χ3n) is 4.44. The first-order valence-corrected chi connectivity index (χ1v) is 9.19. The number of benzene rings is 2. The highest BCUT2D eigenvalue weighted by Crippen LogP contribution is 2.26. The number of nitrogens with one attached hydrogen (secondary N) is 2. The maximum absolute atomic E-state index is 5.36. The third kappa shape index (κ3) is 4.86. The molecule has 2 aromatic carbocycles. The average molecular weight is 356 g/mol. The minimum Gasteiger partial charge on any atom is -0.497 e. The first-order valence-electron chi connectivity index (χ1n) is 8.78. The molecule has 5 heteroatoms. The molecule has 0 saturated heterocycles. The number of fused-ring (bicyclic) bond motifs is 1. The second kappa shape index (κ2) is 8.72. The van der Waals surface area contributed by atoms with Crippen molar-refractivity contribution in [1.82, 2.24) is 5.32 Å². The molecule has 0 atom stereocenters. The number of anilines is 2. The second-order valence-corrected chi connectivity index (χ2v) is 6.59. The molecule has 0 aromatic heterocycles. The van der Waals surface area contributed by atoms with Crippen LogP contribution in [0, 0.1) is 0 Å². The number of methoxy groups -OCH3 is 1. The van der Waals surface area contributed by atoms with Crippen LogP contribution in [0.2, 0.25) is 0 Å². The van der Waals surface area contributed by atoms with E-state index in [-0.39, 0.29) is 0 Å². The SMILES string of the molecule is COc1ccc(NC(=S)NCCCN2CCCc3ccccc32)cc1. The molecule has 2 N–H and O–H groups in total. The number of aryl methyl sites for hydroxylation is 1. The molecule has 1 heterocycles. The van der Waals surface area contributed by atoms with Gasteiger partial charge in [0.15, 0.2) is 5.11 Å². The Bertz CT molecular complexity index is 702. The van der Waals surface area contributed by atoms with E-state index in [1.54, 1.807) is 7.11 Å². The zero-order valence-corrected chi connectivity index (χ0v) is 15.4. The van der Waals surface area contributed by atoms with E-state index in [1.165, 1.54) is 24.1 Å². The van der Waals surface area contributed by atoms with Crippen molar-refractivity contribution in [3.63, 3.8) is 0 Å². The van der Waals surface area contributed by atoms with Gasteiger partial charge in [0.1, 0.15) is 5.75 Å². The van der Waals surface area contributed by atoms with E-state index in [9.17, 15) is 0 Å². The Morgan fingerprint density at radius 1 is 1.16 bits per heavy atom. The molecule has 4 nitrogen and oxygen atoms in total. The second-order valence-electron chi connectivity index (χ2n) is 6.18. The highest BCUT2D eigenvalue weighted by molar-refractivity contribution is 7.80. The zero-order chi connectivity index (χ0) is 17.5. The van der Waals surface area contributed by atoms with Crippen LogP contribution in [0.3, 0.4) is 0 Å². The van der Waals surface area contributed by atoms with Crippen LogP contribution in [0.4, 0.5) is 11.4 Å². The Morgan fingerprint density at radius 3 is 2.76 bits per heavy atom. The predicted octanol–water partition coefficient (Wildman–Crippen LogP) is 3.82. The summed E-state index contributed by atoms with van der Waals surface area (Å²) < 4.78 is 5.16. The van der Waals surface area contributed by atoms with Gasteiger partial charge in [0.2, 0.25) is 0 Å². The molecule has 3 rings (SSSR count). The lowest BCUT2D eigenvalue weighted by Gasteiger charge is -2.31. The van der Waals surface area contributed by atoms with Gasteiger partial charge in [-0.25, -0.2) is 0 Å². The van der Waals surface area contributed by atoms with Crippen LogP contribution in [0.15, 0.2) is 48.5 Å². The van der Waals surface area contributed by atoms with Crippen LogP contribution in [-0.4, -0.2) is 31.9 Å². The van der Waals surface area contributed by atoms with Crippen LogP contribution < -0.4 is 20.3 Å². The molecule has 0 saturated carbocycles. The molecule has 0 spiro atoms. The van der Waals surface area contributed by atoms with Crippen molar-refractivity contribution in [2.24, 2.45) is 0 Å². The minimum absolute atomic E-state index is 0.657. The molecule has 0 radical (unpaired) electrons. The topological polar surface area (TPSA) is 36.5 Å². The highest BCUT2D eigenvalue weighted by atomic mass is 32.1.